The van der Waals surface area contributed by atoms with E-state index in [9.17, 15) is 0 Å². The van der Waals surface area contributed by atoms with Crippen molar-refractivity contribution in [3.63, 3.8) is 0 Å². The van der Waals surface area contributed by atoms with Crippen molar-refractivity contribution in [3.05, 3.63) is 60.7 Å². The Balaban J connectivity index is 1.35. The van der Waals surface area contributed by atoms with Gasteiger partial charge in [-0.1, -0.05) is 60.7 Å². The van der Waals surface area contributed by atoms with Crippen LogP contribution in [0.15, 0.2) is 60.7 Å². The van der Waals surface area contributed by atoms with E-state index < -0.39 is 0 Å². The smallest absolute Gasteiger partial charge is 0.402 e. The number of hydrogen-bond donors (Lipinski definition) is 0. The molecule has 0 unspecified atom stereocenters. The summed E-state index contributed by atoms with van der Waals surface area (Å²) in [5, 5.41) is 0. The Hall–Kier alpha value is -1.59. The molecule has 0 N–H and O–H groups in total. The highest BCUT2D eigenvalue weighted by atomic mass is 16.7. The fourth-order valence-corrected chi connectivity index (χ4v) is 3.90. The van der Waals surface area contributed by atoms with E-state index in [-0.39, 0.29) is 38.7 Å². The maximum absolute atomic E-state index is 6.22. The molecule has 0 aromatic heterocycles. The first kappa shape index (κ1) is 14.7. The Morgan fingerprint density at radius 1 is 0.583 bits per heavy atom. The van der Waals surface area contributed by atoms with Crippen LogP contribution >= 0.6 is 0 Å². The van der Waals surface area contributed by atoms with Crippen LogP contribution in [0.25, 0.3) is 0 Å². The molecule has 24 heavy (non-hydrogen) atoms. The minimum absolute atomic E-state index is 0.0670. The molecular weight excluding hydrogens is 302 g/mol. The molecule has 4 atom stereocenters. The van der Waals surface area contributed by atoms with Crippen molar-refractivity contribution in [2.24, 2.45) is 0 Å². The Bertz CT molecular complexity index is 637. The van der Waals surface area contributed by atoms with Crippen molar-refractivity contribution in [2.45, 2.75) is 37.3 Å². The third-order valence-electron chi connectivity index (χ3n) is 5.09. The maximum atomic E-state index is 6.22. The van der Waals surface area contributed by atoms with Gasteiger partial charge in [0.05, 0.1) is 24.4 Å². The number of hydrogen-bond acceptors (Lipinski definition) is 4. The molecule has 2 aromatic carbocycles. The van der Waals surface area contributed by atoms with Crippen molar-refractivity contribution in [1.29, 1.82) is 0 Å². The summed E-state index contributed by atoms with van der Waals surface area (Å²) in [6.45, 7) is 0. The minimum atomic E-state index is -0.306. The van der Waals surface area contributed by atoms with Gasteiger partial charge in [0.2, 0.25) is 0 Å². The summed E-state index contributed by atoms with van der Waals surface area (Å²) >= 11 is 0. The second-order valence-electron chi connectivity index (χ2n) is 6.61. The monoisotopic (exact) mass is 320 g/mol. The lowest BCUT2D eigenvalue weighted by molar-refractivity contribution is -0.0194. The van der Waals surface area contributed by atoms with Gasteiger partial charge in [-0.05, 0) is 23.8 Å². The molecule has 0 bridgehead atoms. The lowest BCUT2D eigenvalue weighted by Crippen LogP contribution is -2.46. The van der Waals surface area contributed by atoms with E-state index >= 15 is 0 Å². The van der Waals surface area contributed by atoms with Crippen LogP contribution in [0.2, 0.25) is 0 Å². The predicted octanol–water partition coefficient (Wildman–Crippen LogP) is 1.14. The van der Waals surface area contributed by atoms with Crippen LogP contribution in [-0.2, 0) is 18.6 Å². The molecule has 0 spiro atoms. The first-order chi connectivity index (χ1) is 11.9. The molecule has 2 saturated heterocycles. The van der Waals surface area contributed by atoms with Gasteiger partial charge in [0.1, 0.15) is 0 Å². The van der Waals surface area contributed by atoms with Crippen LogP contribution in [0.5, 0.6) is 0 Å². The highest BCUT2D eigenvalue weighted by Crippen LogP contribution is 2.37. The fourth-order valence-electron chi connectivity index (χ4n) is 3.90. The first-order valence-corrected chi connectivity index (χ1v) is 8.60. The zero-order valence-electron chi connectivity index (χ0n) is 13.3. The average molecular weight is 320 g/mol. The van der Waals surface area contributed by atoms with E-state index in [1.165, 1.54) is 0 Å². The standard InChI is InChI=1S/C18H18B2O4/c1-3-7-13(8-4-1)19-21-15-11-12-16-18(17(15)23-19)24-20(22-16)14-9-5-2-6-10-14/h1-10,15-18H,11-12H2/t15-,16-,17-,18-/m0/s1. The van der Waals surface area contributed by atoms with Crippen LogP contribution in [0, 0.1) is 0 Å². The van der Waals surface area contributed by atoms with Crippen LogP contribution in [-0.4, -0.2) is 38.7 Å². The highest BCUT2D eigenvalue weighted by Gasteiger charge is 2.55. The molecule has 1 saturated carbocycles. The van der Waals surface area contributed by atoms with Crippen molar-refractivity contribution in [1.82, 2.24) is 0 Å². The summed E-state index contributed by atoms with van der Waals surface area (Å²) in [5.74, 6) is 0. The second-order valence-corrected chi connectivity index (χ2v) is 6.61. The Labute approximate surface area is 142 Å². The third-order valence-corrected chi connectivity index (χ3v) is 5.09. The van der Waals surface area contributed by atoms with Crippen molar-refractivity contribution >= 4 is 25.2 Å². The molecule has 0 amide bonds. The van der Waals surface area contributed by atoms with Gasteiger partial charge >= 0.3 is 14.2 Å². The second kappa shape index (κ2) is 6.05. The summed E-state index contributed by atoms with van der Waals surface area (Å²) in [4.78, 5) is 0. The number of fused-ring (bicyclic) bond motifs is 3. The molecule has 5 rings (SSSR count). The lowest BCUT2D eigenvalue weighted by Gasteiger charge is -2.33. The fraction of sp³-hybridized carbons (Fsp3) is 0.333. The quantitative estimate of drug-likeness (QED) is 0.778. The van der Waals surface area contributed by atoms with Gasteiger partial charge < -0.3 is 18.6 Å². The maximum Gasteiger partial charge on any atom is 0.494 e. The van der Waals surface area contributed by atoms with Crippen LogP contribution in [0.4, 0.5) is 0 Å². The largest absolute Gasteiger partial charge is 0.494 e. The van der Waals surface area contributed by atoms with E-state index in [1.807, 2.05) is 60.7 Å². The van der Waals surface area contributed by atoms with Gasteiger partial charge in [0, 0.05) is 0 Å². The summed E-state index contributed by atoms with van der Waals surface area (Å²) < 4.78 is 24.7. The Morgan fingerprint density at radius 2 is 1.00 bits per heavy atom. The molecule has 0 radical (unpaired) electrons. The summed E-state index contributed by atoms with van der Waals surface area (Å²) in [7, 11) is -0.612. The molecule has 6 heteroatoms. The van der Waals surface area contributed by atoms with Gasteiger partial charge in [-0.3, -0.25) is 0 Å². The summed E-state index contributed by atoms with van der Waals surface area (Å²) in [6, 6.07) is 20.2. The summed E-state index contributed by atoms with van der Waals surface area (Å²) in [5.41, 5.74) is 2.11. The molecule has 3 fully saturated rings. The van der Waals surface area contributed by atoms with Gasteiger partial charge in [-0.25, -0.2) is 0 Å². The molecule has 1 aliphatic carbocycles. The van der Waals surface area contributed by atoms with E-state index in [4.69, 9.17) is 18.6 Å². The Kier molecular flexibility index (Phi) is 3.71. The molecular formula is C18H18B2O4. The molecule has 4 nitrogen and oxygen atoms in total. The molecule has 3 aliphatic rings. The number of benzene rings is 2. The van der Waals surface area contributed by atoms with E-state index in [0.29, 0.717) is 0 Å². The van der Waals surface area contributed by atoms with Gasteiger partial charge in [0.15, 0.2) is 0 Å². The Morgan fingerprint density at radius 3 is 1.42 bits per heavy atom. The van der Waals surface area contributed by atoms with Crippen LogP contribution in [0.1, 0.15) is 12.8 Å². The van der Waals surface area contributed by atoms with Crippen LogP contribution in [0.3, 0.4) is 0 Å². The minimum Gasteiger partial charge on any atom is -0.402 e. The topological polar surface area (TPSA) is 36.9 Å². The van der Waals surface area contributed by atoms with Crippen molar-refractivity contribution in [2.75, 3.05) is 0 Å². The van der Waals surface area contributed by atoms with E-state index in [2.05, 4.69) is 0 Å². The number of rotatable bonds is 2. The zero-order chi connectivity index (χ0) is 15.9. The van der Waals surface area contributed by atoms with Gasteiger partial charge in [-0.2, -0.15) is 0 Å². The molecule has 120 valence electrons. The van der Waals surface area contributed by atoms with Crippen LogP contribution < -0.4 is 10.9 Å². The van der Waals surface area contributed by atoms with Crippen molar-refractivity contribution < 1.29 is 18.6 Å². The van der Waals surface area contributed by atoms with Gasteiger partial charge in [0.25, 0.3) is 0 Å². The first-order valence-electron chi connectivity index (χ1n) is 8.60. The SMILES string of the molecule is c1ccc(B2O[C@@H]3[C@H]4OB(c5ccccc5)O[C@H]4CC[C@@H]3O2)cc1. The predicted molar refractivity (Wildman–Crippen MR) is 92.4 cm³/mol. The normalized spacial score (nSPS) is 31.8. The van der Waals surface area contributed by atoms with E-state index in [1.54, 1.807) is 0 Å². The molecule has 2 heterocycles. The van der Waals surface area contributed by atoms with E-state index in [0.717, 1.165) is 23.8 Å². The molecule has 2 aromatic rings. The third kappa shape index (κ3) is 2.50. The van der Waals surface area contributed by atoms with Crippen molar-refractivity contribution in [3.8, 4) is 0 Å². The lowest BCUT2D eigenvalue weighted by atomic mass is 9.79. The highest BCUT2D eigenvalue weighted by molar-refractivity contribution is 6.62. The average Bonchev–Trinajstić information content (AvgIpc) is 3.27. The van der Waals surface area contributed by atoms with Gasteiger partial charge in [-0.15, -0.1) is 0 Å². The summed E-state index contributed by atoms with van der Waals surface area (Å²) in [6.07, 6.45) is 1.91. The molecule has 2 aliphatic heterocycles. The zero-order valence-corrected chi connectivity index (χ0v) is 13.3.